The average molecular weight is 1410 g/mol. The quantitative estimate of drug-likeness (QED) is 0.0847. The van der Waals surface area contributed by atoms with E-state index in [2.05, 4.69) is 114 Å². The first-order chi connectivity index (χ1) is 49.6. The van der Waals surface area contributed by atoms with Crippen molar-refractivity contribution in [2.24, 2.45) is 0 Å². The van der Waals surface area contributed by atoms with Crippen LogP contribution in [-0.4, -0.2) is 132 Å². The number of halogens is 4. The first-order valence-electron chi connectivity index (χ1n) is 38.6. The number of aliphatic hydroxyl groups is 1. The van der Waals surface area contributed by atoms with Gasteiger partial charge in [-0.05, 0) is 232 Å². The Kier molecular flexibility index (Phi) is 25.5. The highest BCUT2D eigenvalue weighted by Gasteiger charge is 2.45. The molecule has 12 heterocycles. The fourth-order valence-corrected chi connectivity index (χ4v) is 17.9. The van der Waals surface area contributed by atoms with Crippen molar-refractivity contribution in [3.63, 3.8) is 0 Å². The van der Waals surface area contributed by atoms with Gasteiger partial charge in [-0.2, -0.15) is 8.78 Å². The summed E-state index contributed by atoms with van der Waals surface area (Å²) >= 11 is 0. The molecule has 0 bridgehead atoms. The summed E-state index contributed by atoms with van der Waals surface area (Å²) in [5, 5.41) is 27.3. The lowest BCUT2D eigenvalue weighted by atomic mass is 9.90. The zero-order valence-electron chi connectivity index (χ0n) is 61.1. The van der Waals surface area contributed by atoms with Gasteiger partial charge in [0, 0.05) is 41.8 Å². The molecule has 0 amide bonds. The molecule has 15 atom stereocenters. The highest BCUT2D eigenvalue weighted by molar-refractivity contribution is 5.42. The van der Waals surface area contributed by atoms with Gasteiger partial charge in [0.05, 0.1) is 69.7 Å². The van der Waals surface area contributed by atoms with Crippen LogP contribution < -0.4 is 26.6 Å². The third kappa shape index (κ3) is 17.6. The van der Waals surface area contributed by atoms with Gasteiger partial charge >= 0.3 is 0 Å². The number of aryl methyl sites for hydroxylation is 5. The number of nitrogens with zero attached hydrogens (tertiary/aromatic N) is 1. The largest absolute Gasteiger partial charge is 0.386 e. The van der Waals surface area contributed by atoms with Crippen LogP contribution in [0.4, 0.5) is 17.6 Å². The smallest absolute Gasteiger partial charge is 0.296 e. The van der Waals surface area contributed by atoms with Crippen molar-refractivity contribution in [2.75, 3.05) is 85.5 Å². The molecule has 102 heavy (non-hydrogen) atoms. The molecule has 0 aliphatic carbocycles. The van der Waals surface area contributed by atoms with Gasteiger partial charge in [0.15, 0.2) is 0 Å². The number of nitrogens with one attached hydrogen (secondary N) is 5. The van der Waals surface area contributed by atoms with E-state index in [9.17, 15) is 22.7 Å². The lowest BCUT2D eigenvalue weighted by molar-refractivity contribution is -0.130. The van der Waals surface area contributed by atoms with Crippen LogP contribution in [0.2, 0.25) is 0 Å². The molecule has 0 spiro atoms. The highest BCUT2D eigenvalue weighted by atomic mass is 19.3. The lowest BCUT2D eigenvalue weighted by Crippen LogP contribution is -2.38. The molecule has 6 aromatic rings. The standard InChI is InChI=1S/C16H23NO.2C14H18FNO.C14H19NO2.C14H19NO.C13H15F2NO/c1-3-17-9-4-5-15(17)16-14-7-6-12(2)11-13(14)8-10-18-16;2*1-9-4-5-10-11(7-9)12(15)8-17-14(10)13-3-2-6-16-13;1-9-4-5-10-11(7-9)13(16)8-17-14(10)12-3-2-6-15-12;1-10-4-5-12-11(9-10)6-8-16-14(12)13-3-2-7-15-13;14-13(15)8-17-12(11-6-3-7-16-11)9-4-1-2-5-10(9)13/h6-7,11,15-16H,3-5,8-10H2,1-2H3;2*4-5,7,12-14,16H,2-3,6,8H2,1H3;4-5,7,12-16H,2-3,6,8H2,1H3;4-5,9,13-15H,2-3,6-8H2,1H3;1-2,4-5,11-12,16H,3,6-8H2/t15-,16+;12-,13+,14-;12-,13-,14+;12-,13?,14+;13-,14+;11-,12+/m010000/s1. The van der Waals surface area contributed by atoms with Crippen molar-refractivity contribution in [1.82, 2.24) is 31.5 Å². The molecule has 12 aliphatic rings. The number of alkyl halides is 4. The van der Waals surface area contributed by atoms with E-state index in [4.69, 9.17) is 28.4 Å². The second kappa shape index (κ2) is 34.8. The summed E-state index contributed by atoms with van der Waals surface area (Å²) in [6, 6.07) is 41.1. The van der Waals surface area contributed by atoms with Crippen LogP contribution in [0.15, 0.2) is 115 Å². The van der Waals surface area contributed by atoms with Crippen molar-refractivity contribution in [1.29, 1.82) is 0 Å². The Morgan fingerprint density at radius 3 is 1.25 bits per heavy atom. The molecule has 0 radical (unpaired) electrons. The number of ether oxygens (including phenoxy) is 6. The van der Waals surface area contributed by atoms with E-state index in [-0.39, 0.29) is 55.3 Å². The zero-order valence-corrected chi connectivity index (χ0v) is 61.1. The van der Waals surface area contributed by atoms with Gasteiger partial charge in [-0.1, -0.05) is 150 Å². The minimum absolute atomic E-state index is 0.0279. The summed E-state index contributed by atoms with van der Waals surface area (Å²) in [6.07, 6.45) is 14.5. The summed E-state index contributed by atoms with van der Waals surface area (Å²) in [7, 11) is 0. The number of rotatable bonds is 7. The summed E-state index contributed by atoms with van der Waals surface area (Å²) in [5.41, 5.74) is 18.7. The van der Waals surface area contributed by atoms with E-state index in [1.807, 2.05) is 50.2 Å². The van der Waals surface area contributed by atoms with E-state index in [0.717, 1.165) is 142 Å². The highest BCUT2D eigenvalue weighted by Crippen LogP contribution is 2.45. The number of aliphatic hydroxyl groups excluding tert-OH is 1. The Labute approximate surface area is 603 Å². The van der Waals surface area contributed by atoms with Gasteiger partial charge in [0.25, 0.3) is 5.92 Å². The van der Waals surface area contributed by atoms with Crippen LogP contribution in [0.3, 0.4) is 0 Å². The summed E-state index contributed by atoms with van der Waals surface area (Å²) in [6.45, 7) is 22.4. The molecule has 552 valence electrons. The normalized spacial score (nSPS) is 31.0. The fraction of sp³-hybridized carbons (Fsp3) is 0.576. The van der Waals surface area contributed by atoms with Crippen molar-refractivity contribution in [3.05, 3.63) is 210 Å². The first kappa shape index (κ1) is 74.8. The first-order valence-corrected chi connectivity index (χ1v) is 38.6. The molecule has 6 fully saturated rings. The van der Waals surface area contributed by atoms with E-state index in [1.54, 1.807) is 18.2 Å². The Morgan fingerprint density at radius 1 is 0.412 bits per heavy atom. The number of benzene rings is 6. The van der Waals surface area contributed by atoms with Gasteiger partial charge in [-0.25, -0.2) is 8.78 Å². The van der Waals surface area contributed by atoms with Gasteiger partial charge < -0.3 is 60.1 Å². The molecule has 12 aliphatic heterocycles. The van der Waals surface area contributed by atoms with E-state index in [0.29, 0.717) is 48.5 Å². The lowest BCUT2D eigenvalue weighted by Gasteiger charge is -2.35. The van der Waals surface area contributed by atoms with Crippen molar-refractivity contribution in [3.8, 4) is 0 Å². The molecular formula is C85H112F4N6O7. The summed E-state index contributed by atoms with van der Waals surface area (Å²) < 4.78 is 89.9. The molecule has 18 rings (SSSR count). The Hall–Kier alpha value is -5.48. The Morgan fingerprint density at radius 2 is 0.794 bits per heavy atom. The maximum Gasteiger partial charge on any atom is 0.296 e. The van der Waals surface area contributed by atoms with Crippen molar-refractivity contribution >= 4 is 0 Å². The monoisotopic (exact) mass is 1400 g/mol. The van der Waals surface area contributed by atoms with E-state index < -0.39 is 31.0 Å². The molecule has 6 saturated heterocycles. The summed E-state index contributed by atoms with van der Waals surface area (Å²) in [5.74, 6) is -2.86. The van der Waals surface area contributed by atoms with Crippen LogP contribution in [0.1, 0.15) is 234 Å². The fourth-order valence-electron chi connectivity index (χ4n) is 17.9. The van der Waals surface area contributed by atoms with Gasteiger partial charge in [0.2, 0.25) is 0 Å². The summed E-state index contributed by atoms with van der Waals surface area (Å²) in [4.78, 5) is 2.58. The Balaban J connectivity index is 0.000000109. The minimum atomic E-state index is -2.86. The van der Waals surface area contributed by atoms with Gasteiger partial charge in [0.1, 0.15) is 25.1 Å². The van der Waals surface area contributed by atoms with Crippen LogP contribution in [0.25, 0.3) is 0 Å². The SMILES string of the molecule is CCN1CCC[C@H]1[C@@H]1OCCc2cc(C)ccc21.Cc1ccc2c(c1)C(O)CO[C@H]2[C@@H]1CCCN1.Cc1ccc2c(c1)CCO[C@H]2[C@@H]1CCCN1.Cc1ccc2c(c1)[C@@H](F)CO[C@H]2[C@@H]1CCCN1.Cc1ccc2c(c1)[C@H](F)CO[C@H]2[C@@H]1CCCN1.FC1(F)CO[C@@H]([C@@H]2CCCN2)c2ccccc21. The molecular weight excluding hydrogens is 1290 g/mol. The van der Waals surface area contributed by atoms with Gasteiger partial charge in [-0.15, -0.1) is 0 Å². The number of likely N-dealkylation sites (tertiary alicyclic amines) is 1. The molecule has 13 nitrogen and oxygen atoms in total. The van der Waals surface area contributed by atoms with Crippen LogP contribution in [-0.2, 0) is 47.2 Å². The minimum Gasteiger partial charge on any atom is -0.386 e. The van der Waals surface area contributed by atoms with Crippen molar-refractivity contribution in [2.45, 2.75) is 229 Å². The molecule has 6 aromatic carbocycles. The van der Waals surface area contributed by atoms with Crippen LogP contribution in [0.5, 0.6) is 0 Å². The Bertz CT molecular complexity index is 3510. The number of fused-ring (bicyclic) bond motifs is 6. The van der Waals surface area contributed by atoms with E-state index >= 15 is 0 Å². The molecule has 17 heteroatoms. The topological polar surface area (TPSA) is 139 Å². The molecule has 6 N–H and O–H groups in total. The predicted octanol–water partition coefficient (Wildman–Crippen LogP) is 15.6. The van der Waals surface area contributed by atoms with Gasteiger partial charge in [-0.3, -0.25) is 4.90 Å². The van der Waals surface area contributed by atoms with Crippen LogP contribution >= 0.6 is 0 Å². The maximum atomic E-state index is 13.9. The number of likely N-dealkylation sites (N-methyl/N-ethyl adjacent to an activating group) is 1. The zero-order chi connectivity index (χ0) is 70.9. The second-order valence-corrected chi connectivity index (χ2v) is 30.5. The molecule has 1 unspecified atom stereocenters. The maximum absolute atomic E-state index is 13.9. The third-order valence-electron chi connectivity index (χ3n) is 23.1. The number of hydrogen-bond acceptors (Lipinski definition) is 13. The molecule has 0 aromatic heterocycles. The number of hydrogen-bond donors (Lipinski definition) is 6. The second-order valence-electron chi connectivity index (χ2n) is 30.5. The molecule has 0 saturated carbocycles. The van der Waals surface area contributed by atoms with Crippen LogP contribution in [0, 0.1) is 34.6 Å². The average Bonchev–Trinajstić information content (AvgIpc) is 1.20. The van der Waals surface area contributed by atoms with E-state index in [1.165, 1.54) is 96.5 Å². The third-order valence-corrected chi connectivity index (χ3v) is 23.1. The predicted molar refractivity (Wildman–Crippen MR) is 394 cm³/mol. The van der Waals surface area contributed by atoms with Crippen molar-refractivity contribution < 1.29 is 51.1 Å².